The standard InChI is InChI=1S/C19H17NO4/c1-2-23-19(22)17-18(21)16-9-8-15(10-14(16)11-20-17)24-12-13-6-4-3-5-7-13/h3-11,21H,2,12H2,1H3. The van der Waals surface area contributed by atoms with Crippen molar-refractivity contribution in [1.82, 2.24) is 4.98 Å². The fraction of sp³-hybridized carbons (Fsp3) is 0.158. The van der Waals surface area contributed by atoms with Crippen molar-refractivity contribution in [3.8, 4) is 11.5 Å². The fourth-order valence-corrected chi connectivity index (χ4v) is 2.37. The number of aromatic hydroxyl groups is 1. The molecule has 0 aliphatic carbocycles. The maximum Gasteiger partial charge on any atom is 0.360 e. The molecule has 0 bridgehead atoms. The predicted octanol–water partition coefficient (Wildman–Crippen LogP) is 3.70. The molecule has 122 valence electrons. The third-order valence-corrected chi connectivity index (χ3v) is 3.55. The van der Waals surface area contributed by atoms with E-state index in [2.05, 4.69) is 4.98 Å². The molecule has 5 nitrogen and oxygen atoms in total. The Kier molecular flexibility index (Phi) is 4.61. The van der Waals surface area contributed by atoms with Gasteiger partial charge in [-0.05, 0) is 30.7 Å². The predicted molar refractivity (Wildman–Crippen MR) is 90.1 cm³/mol. The second-order valence-corrected chi connectivity index (χ2v) is 5.20. The lowest BCUT2D eigenvalue weighted by atomic mass is 10.1. The summed E-state index contributed by atoms with van der Waals surface area (Å²) < 4.78 is 10.6. The summed E-state index contributed by atoms with van der Waals surface area (Å²) in [6.07, 6.45) is 1.52. The Balaban J connectivity index is 1.84. The second-order valence-electron chi connectivity index (χ2n) is 5.20. The molecule has 0 radical (unpaired) electrons. The van der Waals surface area contributed by atoms with Crippen LogP contribution in [0.2, 0.25) is 0 Å². The largest absolute Gasteiger partial charge is 0.505 e. The van der Waals surface area contributed by atoms with Crippen LogP contribution in [0.4, 0.5) is 0 Å². The van der Waals surface area contributed by atoms with Crippen molar-refractivity contribution in [3.63, 3.8) is 0 Å². The molecule has 0 aliphatic rings. The zero-order valence-corrected chi connectivity index (χ0v) is 13.2. The molecular formula is C19H17NO4. The van der Waals surface area contributed by atoms with E-state index >= 15 is 0 Å². The lowest BCUT2D eigenvalue weighted by molar-refractivity contribution is 0.0516. The number of aromatic nitrogens is 1. The number of ether oxygens (including phenoxy) is 2. The van der Waals surface area contributed by atoms with Crippen LogP contribution in [0.5, 0.6) is 11.5 Å². The van der Waals surface area contributed by atoms with Crippen LogP contribution < -0.4 is 4.74 Å². The van der Waals surface area contributed by atoms with Crippen LogP contribution in [0.3, 0.4) is 0 Å². The number of pyridine rings is 1. The minimum Gasteiger partial charge on any atom is -0.505 e. The number of carbonyl (C=O) groups is 1. The van der Waals surface area contributed by atoms with Crippen molar-refractivity contribution in [2.24, 2.45) is 0 Å². The third kappa shape index (κ3) is 3.30. The van der Waals surface area contributed by atoms with Gasteiger partial charge in [0.15, 0.2) is 11.4 Å². The van der Waals surface area contributed by atoms with Crippen molar-refractivity contribution in [1.29, 1.82) is 0 Å². The molecule has 0 unspecified atom stereocenters. The molecule has 1 aromatic heterocycles. The van der Waals surface area contributed by atoms with Crippen LogP contribution in [0, 0.1) is 0 Å². The Morgan fingerprint density at radius 3 is 2.71 bits per heavy atom. The van der Waals surface area contributed by atoms with E-state index in [9.17, 15) is 9.90 Å². The number of rotatable bonds is 5. The number of benzene rings is 2. The molecule has 1 heterocycles. The molecule has 2 aromatic carbocycles. The van der Waals surface area contributed by atoms with E-state index in [0.717, 1.165) is 5.56 Å². The average molecular weight is 323 g/mol. The first kappa shape index (κ1) is 15.8. The van der Waals surface area contributed by atoms with Gasteiger partial charge in [-0.25, -0.2) is 9.78 Å². The maximum absolute atomic E-state index is 11.8. The van der Waals surface area contributed by atoms with Gasteiger partial charge in [0.1, 0.15) is 12.4 Å². The first-order valence-corrected chi connectivity index (χ1v) is 7.64. The number of carbonyl (C=O) groups excluding carboxylic acids is 1. The third-order valence-electron chi connectivity index (χ3n) is 3.55. The zero-order valence-electron chi connectivity index (χ0n) is 13.2. The number of fused-ring (bicyclic) bond motifs is 1. The fourth-order valence-electron chi connectivity index (χ4n) is 2.37. The highest BCUT2D eigenvalue weighted by Crippen LogP contribution is 2.30. The Bertz CT molecular complexity index is 862. The molecule has 5 heteroatoms. The van der Waals surface area contributed by atoms with Gasteiger partial charge in [-0.15, -0.1) is 0 Å². The van der Waals surface area contributed by atoms with Crippen LogP contribution in [0.25, 0.3) is 10.8 Å². The van der Waals surface area contributed by atoms with Gasteiger partial charge >= 0.3 is 5.97 Å². The molecule has 24 heavy (non-hydrogen) atoms. The molecular weight excluding hydrogens is 306 g/mol. The normalized spacial score (nSPS) is 10.5. The first-order chi connectivity index (χ1) is 11.7. The molecule has 3 aromatic rings. The summed E-state index contributed by atoms with van der Waals surface area (Å²) in [5.41, 5.74) is 0.985. The van der Waals surface area contributed by atoms with E-state index in [1.165, 1.54) is 6.20 Å². The number of hydrogen-bond acceptors (Lipinski definition) is 5. The van der Waals surface area contributed by atoms with E-state index in [1.807, 2.05) is 30.3 Å². The zero-order chi connectivity index (χ0) is 16.9. The van der Waals surface area contributed by atoms with E-state index in [-0.39, 0.29) is 18.1 Å². The van der Waals surface area contributed by atoms with Crippen LogP contribution in [-0.2, 0) is 11.3 Å². The van der Waals surface area contributed by atoms with E-state index < -0.39 is 5.97 Å². The van der Waals surface area contributed by atoms with Crippen molar-refractivity contribution < 1.29 is 19.4 Å². The molecule has 0 aliphatic heterocycles. The summed E-state index contributed by atoms with van der Waals surface area (Å²) >= 11 is 0. The van der Waals surface area contributed by atoms with Gasteiger partial charge in [0.05, 0.1) is 6.61 Å². The molecule has 0 atom stereocenters. The number of nitrogens with zero attached hydrogens (tertiary/aromatic N) is 1. The number of esters is 1. The van der Waals surface area contributed by atoms with Gasteiger partial charge in [-0.1, -0.05) is 30.3 Å². The van der Waals surface area contributed by atoms with Crippen molar-refractivity contribution in [2.75, 3.05) is 6.61 Å². The summed E-state index contributed by atoms with van der Waals surface area (Å²) in [6.45, 7) is 2.38. The smallest absolute Gasteiger partial charge is 0.360 e. The van der Waals surface area contributed by atoms with Crippen molar-refractivity contribution in [3.05, 3.63) is 66.0 Å². The lowest BCUT2D eigenvalue weighted by Crippen LogP contribution is -2.07. The molecule has 0 amide bonds. The Labute approximate surface area is 139 Å². The van der Waals surface area contributed by atoms with E-state index in [1.54, 1.807) is 25.1 Å². The van der Waals surface area contributed by atoms with Crippen molar-refractivity contribution in [2.45, 2.75) is 13.5 Å². The monoisotopic (exact) mass is 323 g/mol. The van der Waals surface area contributed by atoms with Gasteiger partial charge in [0.2, 0.25) is 0 Å². The molecule has 0 saturated heterocycles. The molecule has 3 rings (SSSR count). The molecule has 1 N–H and O–H groups in total. The lowest BCUT2D eigenvalue weighted by Gasteiger charge is -2.09. The Hall–Kier alpha value is -3.08. The van der Waals surface area contributed by atoms with Gasteiger partial charge in [-0.2, -0.15) is 0 Å². The van der Waals surface area contributed by atoms with Crippen LogP contribution >= 0.6 is 0 Å². The summed E-state index contributed by atoms with van der Waals surface area (Å²) in [7, 11) is 0. The topological polar surface area (TPSA) is 68.7 Å². The van der Waals surface area contributed by atoms with Gasteiger partial charge in [0, 0.05) is 17.0 Å². The quantitative estimate of drug-likeness (QED) is 0.725. The summed E-state index contributed by atoms with van der Waals surface area (Å²) in [5.74, 6) is -0.154. The molecule has 0 saturated carbocycles. The van der Waals surface area contributed by atoms with E-state index in [4.69, 9.17) is 9.47 Å². The van der Waals surface area contributed by atoms with Crippen LogP contribution in [0.15, 0.2) is 54.7 Å². The highest BCUT2D eigenvalue weighted by atomic mass is 16.5. The van der Waals surface area contributed by atoms with Crippen LogP contribution in [-0.4, -0.2) is 22.7 Å². The highest BCUT2D eigenvalue weighted by Gasteiger charge is 2.17. The van der Waals surface area contributed by atoms with Gasteiger partial charge in [0.25, 0.3) is 0 Å². The minimum atomic E-state index is -0.638. The Morgan fingerprint density at radius 1 is 1.17 bits per heavy atom. The minimum absolute atomic E-state index is 0.0812. The average Bonchev–Trinajstić information content (AvgIpc) is 2.61. The SMILES string of the molecule is CCOC(=O)c1ncc2cc(OCc3ccccc3)ccc2c1O. The van der Waals surface area contributed by atoms with Gasteiger partial charge in [-0.3, -0.25) is 0 Å². The van der Waals surface area contributed by atoms with E-state index in [0.29, 0.717) is 23.1 Å². The van der Waals surface area contributed by atoms with Gasteiger partial charge < -0.3 is 14.6 Å². The summed E-state index contributed by atoms with van der Waals surface area (Å²) in [6, 6.07) is 15.1. The summed E-state index contributed by atoms with van der Waals surface area (Å²) in [4.78, 5) is 15.8. The Morgan fingerprint density at radius 2 is 1.96 bits per heavy atom. The van der Waals surface area contributed by atoms with Crippen molar-refractivity contribution >= 4 is 16.7 Å². The highest BCUT2D eigenvalue weighted by molar-refractivity contribution is 5.99. The number of hydrogen-bond donors (Lipinski definition) is 1. The second kappa shape index (κ2) is 7.00. The first-order valence-electron chi connectivity index (χ1n) is 7.64. The summed E-state index contributed by atoms with van der Waals surface area (Å²) in [5, 5.41) is 11.5. The van der Waals surface area contributed by atoms with Crippen LogP contribution in [0.1, 0.15) is 23.0 Å². The molecule has 0 spiro atoms. The maximum atomic E-state index is 11.8. The molecule has 0 fully saturated rings.